The van der Waals surface area contributed by atoms with Gasteiger partial charge in [-0.25, -0.2) is 9.59 Å². The van der Waals surface area contributed by atoms with Crippen LogP contribution in [0.15, 0.2) is 42.5 Å². The molecule has 0 saturated carbocycles. The highest BCUT2D eigenvalue weighted by Crippen LogP contribution is 2.24. The number of phenolic OH excluding ortho intramolecular Hbond substituents is 1. The molecule has 0 aliphatic carbocycles. The summed E-state index contributed by atoms with van der Waals surface area (Å²) < 4.78 is 10.7. The Labute approximate surface area is 166 Å². The second-order valence-electron chi connectivity index (χ2n) is 7.22. The van der Waals surface area contributed by atoms with Crippen LogP contribution in [0.3, 0.4) is 0 Å². The Morgan fingerprint density at radius 3 is 2.32 bits per heavy atom. The predicted molar refractivity (Wildman–Crippen MR) is 108 cm³/mol. The summed E-state index contributed by atoms with van der Waals surface area (Å²) in [5.74, 6) is -0.732. The lowest BCUT2D eigenvalue weighted by atomic mass is 10.1. The maximum absolute atomic E-state index is 12.6. The van der Waals surface area contributed by atoms with Crippen molar-refractivity contribution < 1.29 is 24.2 Å². The van der Waals surface area contributed by atoms with Gasteiger partial charge in [0.05, 0.1) is 17.7 Å². The van der Waals surface area contributed by atoms with Crippen molar-refractivity contribution in [2.75, 3.05) is 6.61 Å². The summed E-state index contributed by atoms with van der Waals surface area (Å²) in [4.78, 5) is 25.0. The zero-order valence-corrected chi connectivity index (χ0v) is 16.7. The molecule has 1 N–H and O–H groups in total. The molecule has 2 aromatic carbocycles. The molecule has 0 fully saturated rings. The number of hydrogen-bond acceptors (Lipinski definition) is 5. The molecule has 150 valence electrons. The van der Waals surface area contributed by atoms with Gasteiger partial charge < -0.3 is 14.6 Å². The zero-order valence-electron chi connectivity index (χ0n) is 16.7. The van der Waals surface area contributed by atoms with Crippen LogP contribution >= 0.6 is 0 Å². The molecule has 0 atom stereocenters. The summed E-state index contributed by atoms with van der Waals surface area (Å²) in [6.45, 7) is 6.27. The van der Waals surface area contributed by atoms with Crippen LogP contribution < -0.4 is 4.74 Å². The molecule has 0 unspecified atom stereocenters. The number of unbranched alkanes of at least 4 members (excludes halogenated alkanes) is 2. The number of carbonyl (C=O) groups excluding carboxylic acids is 2. The third-order valence-electron chi connectivity index (χ3n) is 4.15. The molecule has 2 rings (SSSR count). The summed E-state index contributed by atoms with van der Waals surface area (Å²) >= 11 is 0. The number of benzene rings is 2. The zero-order chi connectivity index (χ0) is 20.5. The molecule has 0 aliphatic rings. The predicted octanol–water partition coefficient (Wildman–Crippen LogP) is 5.16. The smallest absolute Gasteiger partial charge is 0.344 e. The number of carbonyl (C=O) groups is 2. The molecule has 5 heteroatoms. The van der Waals surface area contributed by atoms with Crippen LogP contribution in [-0.2, 0) is 11.2 Å². The molecule has 0 aromatic heterocycles. The van der Waals surface area contributed by atoms with Gasteiger partial charge >= 0.3 is 11.9 Å². The molecule has 0 aliphatic heterocycles. The monoisotopic (exact) mass is 384 g/mol. The largest absolute Gasteiger partial charge is 0.508 e. The van der Waals surface area contributed by atoms with Crippen molar-refractivity contribution in [3.8, 4) is 11.5 Å². The second-order valence-corrected chi connectivity index (χ2v) is 7.22. The number of rotatable bonds is 9. The van der Waals surface area contributed by atoms with E-state index in [0.29, 0.717) is 0 Å². The average molecular weight is 384 g/mol. The fourth-order valence-corrected chi connectivity index (χ4v) is 2.75. The molecular weight excluding hydrogens is 356 g/mol. The third-order valence-corrected chi connectivity index (χ3v) is 4.15. The lowest BCUT2D eigenvalue weighted by Crippen LogP contribution is -2.17. The van der Waals surface area contributed by atoms with Crippen LogP contribution in [0.25, 0.3) is 0 Å². The summed E-state index contributed by atoms with van der Waals surface area (Å²) in [5, 5.41) is 9.93. The normalized spacial score (nSPS) is 10.7. The van der Waals surface area contributed by atoms with E-state index in [2.05, 4.69) is 6.92 Å². The van der Waals surface area contributed by atoms with E-state index in [1.54, 1.807) is 24.3 Å². The van der Waals surface area contributed by atoms with Gasteiger partial charge in [0.2, 0.25) is 0 Å². The fraction of sp³-hybridized carbons (Fsp3) is 0.391. The summed E-state index contributed by atoms with van der Waals surface area (Å²) in [6, 6.07) is 11.2. The molecule has 0 saturated heterocycles. The quantitative estimate of drug-likeness (QED) is 0.367. The summed E-state index contributed by atoms with van der Waals surface area (Å²) in [5.41, 5.74) is 1.20. The average Bonchev–Trinajstić information content (AvgIpc) is 2.66. The van der Waals surface area contributed by atoms with Gasteiger partial charge in [0, 0.05) is 6.07 Å². The van der Waals surface area contributed by atoms with E-state index in [4.69, 9.17) is 9.47 Å². The van der Waals surface area contributed by atoms with E-state index < -0.39 is 11.9 Å². The van der Waals surface area contributed by atoms with Crippen molar-refractivity contribution in [2.45, 2.75) is 46.5 Å². The third kappa shape index (κ3) is 6.41. The standard InChI is InChI=1S/C23H28O5/c1-4-5-6-9-17-12-18(24)14-19(13-17)28-23(26)21-11-8-7-10-20(21)22(25)27-15-16(2)3/h7-8,10-14,16,24H,4-6,9,15H2,1-3H3. The minimum Gasteiger partial charge on any atom is -0.508 e. The number of esters is 2. The Morgan fingerprint density at radius 1 is 1.00 bits per heavy atom. The van der Waals surface area contributed by atoms with Crippen molar-refractivity contribution in [1.82, 2.24) is 0 Å². The van der Waals surface area contributed by atoms with Gasteiger partial charge in [0.1, 0.15) is 11.5 Å². The fourth-order valence-electron chi connectivity index (χ4n) is 2.75. The van der Waals surface area contributed by atoms with E-state index in [1.807, 2.05) is 13.8 Å². The highest BCUT2D eigenvalue weighted by molar-refractivity contribution is 6.03. The van der Waals surface area contributed by atoms with E-state index >= 15 is 0 Å². The second kappa shape index (κ2) is 10.5. The molecule has 0 radical (unpaired) electrons. The Kier molecular flexibility index (Phi) is 8.05. The molecule has 28 heavy (non-hydrogen) atoms. The topological polar surface area (TPSA) is 72.8 Å². The summed E-state index contributed by atoms with van der Waals surface area (Å²) in [7, 11) is 0. The Hall–Kier alpha value is -2.82. The molecule has 0 bridgehead atoms. The van der Waals surface area contributed by atoms with Crippen LogP contribution in [0.1, 0.15) is 66.3 Å². The number of aryl methyl sites for hydroxylation is 1. The molecular formula is C23H28O5. The van der Waals surface area contributed by atoms with Crippen LogP contribution in [0.5, 0.6) is 11.5 Å². The SMILES string of the molecule is CCCCCc1cc(O)cc(OC(=O)c2ccccc2C(=O)OCC(C)C)c1. The van der Waals surface area contributed by atoms with Gasteiger partial charge in [0.25, 0.3) is 0 Å². The number of ether oxygens (including phenoxy) is 2. The molecule has 0 heterocycles. The van der Waals surface area contributed by atoms with Crippen LogP contribution in [0.2, 0.25) is 0 Å². The molecule has 2 aromatic rings. The van der Waals surface area contributed by atoms with Gasteiger partial charge in [-0.15, -0.1) is 0 Å². The van der Waals surface area contributed by atoms with Crippen LogP contribution in [0, 0.1) is 5.92 Å². The molecule has 5 nitrogen and oxygen atoms in total. The van der Waals surface area contributed by atoms with Crippen molar-refractivity contribution in [3.63, 3.8) is 0 Å². The first-order chi connectivity index (χ1) is 13.4. The number of aromatic hydroxyl groups is 1. The first-order valence-corrected chi connectivity index (χ1v) is 9.72. The Bertz CT molecular complexity index is 810. The molecule has 0 spiro atoms. The van der Waals surface area contributed by atoms with E-state index in [0.717, 1.165) is 31.2 Å². The van der Waals surface area contributed by atoms with Gasteiger partial charge in [-0.1, -0.05) is 45.7 Å². The van der Waals surface area contributed by atoms with Crippen LogP contribution in [-0.4, -0.2) is 23.7 Å². The number of phenols is 1. The van der Waals surface area contributed by atoms with Gasteiger partial charge in [-0.3, -0.25) is 0 Å². The van der Waals surface area contributed by atoms with Crippen molar-refractivity contribution in [2.24, 2.45) is 5.92 Å². The highest BCUT2D eigenvalue weighted by atomic mass is 16.5. The van der Waals surface area contributed by atoms with E-state index in [-0.39, 0.29) is 35.2 Å². The van der Waals surface area contributed by atoms with Gasteiger partial charge in [-0.05, 0) is 48.6 Å². The molecule has 0 amide bonds. The van der Waals surface area contributed by atoms with Crippen molar-refractivity contribution in [1.29, 1.82) is 0 Å². The Balaban J connectivity index is 2.16. The van der Waals surface area contributed by atoms with Gasteiger partial charge in [0.15, 0.2) is 0 Å². The van der Waals surface area contributed by atoms with Gasteiger partial charge in [-0.2, -0.15) is 0 Å². The first-order valence-electron chi connectivity index (χ1n) is 9.72. The lowest BCUT2D eigenvalue weighted by Gasteiger charge is -2.11. The van der Waals surface area contributed by atoms with E-state index in [9.17, 15) is 14.7 Å². The lowest BCUT2D eigenvalue weighted by molar-refractivity contribution is 0.0452. The Morgan fingerprint density at radius 2 is 1.68 bits per heavy atom. The maximum Gasteiger partial charge on any atom is 0.344 e. The minimum absolute atomic E-state index is 0.0430. The van der Waals surface area contributed by atoms with Crippen LogP contribution in [0.4, 0.5) is 0 Å². The number of hydrogen-bond donors (Lipinski definition) is 1. The first kappa shape index (κ1) is 21.5. The maximum atomic E-state index is 12.6. The van der Waals surface area contributed by atoms with E-state index in [1.165, 1.54) is 18.2 Å². The van der Waals surface area contributed by atoms with Crippen molar-refractivity contribution in [3.05, 3.63) is 59.2 Å². The highest BCUT2D eigenvalue weighted by Gasteiger charge is 2.20. The van der Waals surface area contributed by atoms with Crippen molar-refractivity contribution >= 4 is 11.9 Å². The minimum atomic E-state index is -0.665. The summed E-state index contributed by atoms with van der Waals surface area (Å²) in [6.07, 6.45) is 3.99.